The summed E-state index contributed by atoms with van der Waals surface area (Å²) in [6.45, 7) is 5.03. The third-order valence-corrected chi connectivity index (χ3v) is 10.2. The molecule has 25 heavy (non-hydrogen) atoms. The Hall–Kier alpha value is -0.630. The van der Waals surface area contributed by atoms with E-state index in [2.05, 4.69) is 19.9 Å². The summed E-state index contributed by atoms with van der Waals surface area (Å²) in [6, 6.07) is 0. The van der Waals surface area contributed by atoms with Crippen LogP contribution in [-0.4, -0.2) is 17.0 Å². The van der Waals surface area contributed by atoms with E-state index in [1.54, 1.807) is 0 Å². The Kier molecular flexibility index (Phi) is 3.45. The number of carbonyl (C=O) groups excluding carboxylic acids is 1. The number of hydrogen-bond donors (Lipinski definition) is 1. The van der Waals surface area contributed by atoms with Crippen LogP contribution in [0.2, 0.25) is 0 Å². The summed E-state index contributed by atoms with van der Waals surface area (Å²) in [5, 5.41) is 10.3. The topological polar surface area (TPSA) is 37.3 Å². The highest BCUT2D eigenvalue weighted by Gasteiger charge is 2.65. The second kappa shape index (κ2) is 5.21. The van der Waals surface area contributed by atoms with Crippen molar-refractivity contribution in [2.24, 2.45) is 39.9 Å². The molecule has 5 unspecified atom stereocenters. The van der Waals surface area contributed by atoms with Crippen LogP contribution in [0.1, 0.15) is 78.1 Å². The lowest BCUT2D eigenvalue weighted by atomic mass is 9.39. The molecule has 0 bridgehead atoms. The third kappa shape index (κ3) is 1.98. The number of allylic oxidation sites excluding steroid dienone is 2. The molecule has 4 saturated carbocycles. The van der Waals surface area contributed by atoms with Gasteiger partial charge in [-0.3, -0.25) is 4.79 Å². The lowest BCUT2D eigenvalue weighted by Gasteiger charge is -2.65. The Bertz CT molecular complexity index is 624. The molecule has 2 heteroatoms. The number of rotatable bonds is 0. The molecule has 2 nitrogen and oxygen atoms in total. The Morgan fingerprint density at radius 1 is 1.00 bits per heavy atom. The smallest absolute Gasteiger partial charge is 0.159 e. The minimum absolute atomic E-state index is 0.0819. The summed E-state index contributed by atoms with van der Waals surface area (Å²) in [7, 11) is 0. The van der Waals surface area contributed by atoms with E-state index in [9.17, 15) is 9.90 Å². The van der Waals surface area contributed by atoms with Gasteiger partial charge in [0.25, 0.3) is 0 Å². The van der Waals surface area contributed by atoms with Crippen molar-refractivity contribution in [3.63, 3.8) is 0 Å². The summed E-state index contributed by atoms with van der Waals surface area (Å²) in [4.78, 5) is 12.5. The van der Waals surface area contributed by atoms with Crippen LogP contribution in [-0.2, 0) is 4.79 Å². The van der Waals surface area contributed by atoms with Gasteiger partial charge in [0, 0.05) is 5.92 Å². The van der Waals surface area contributed by atoms with E-state index in [1.807, 2.05) is 6.08 Å². The van der Waals surface area contributed by atoms with Crippen molar-refractivity contribution in [1.29, 1.82) is 0 Å². The molecule has 0 saturated heterocycles. The first-order valence-corrected chi connectivity index (χ1v) is 10.8. The number of ketones is 1. The van der Waals surface area contributed by atoms with Crippen LogP contribution in [0, 0.1) is 39.9 Å². The maximum absolute atomic E-state index is 12.5. The van der Waals surface area contributed by atoms with E-state index in [1.165, 1.54) is 38.5 Å². The van der Waals surface area contributed by atoms with Crippen molar-refractivity contribution in [1.82, 2.24) is 0 Å². The lowest BCUT2D eigenvalue weighted by Crippen LogP contribution is -2.58. The first-order chi connectivity index (χ1) is 11.9. The second-order valence-electron chi connectivity index (χ2n) is 10.7. The minimum Gasteiger partial charge on any atom is -0.393 e. The Balaban J connectivity index is 1.50. The summed E-state index contributed by atoms with van der Waals surface area (Å²) in [6.07, 6.45) is 16.0. The molecule has 0 heterocycles. The van der Waals surface area contributed by atoms with E-state index >= 15 is 0 Å². The number of aliphatic hydroxyl groups excluding tert-OH is 1. The van der Waals surface area contributed by atoms with Crippen LogP contribution < -0.4 is 0 Å². The monoisotopic (exact) mass is 342 g/mol. The van der Waals surface area contributed by atoms with Gasteiger partial charge in [-0.25, -0.2) is 0 Å². The van der Waals surface area contributed by atoms with Gasteiger partial charge in [-0.15, -0.1) is 0 Å². The van der Waals surface area contributed by atoms with E-state index in [-0.39, 0.29) is 6.10 Å². The Morgan fingerprint density at radius 3 is 2.68 bits per heavy atom. The molecule has 0 aromatic heterocycles. The van der Waals surface area contributed by atoms with Crippen molar-refractivity contribution >= 4 is 5.78 Å². The Labute approximate surface area is 152 Å². The normalized spacial score (nSPS) is 57.4. The fourth-order valence-electron chi connectivity index (χ4n) is 8.75. The maximum Gasteiger partial charge on any atom is 0.159 e. The Morgan fingerprint density at radius 2 is 1.84 bits per heavy atom. The molecule has 5 aliphatic carbocycles. The van der Waals surface area contributed by atoms with Crippen LogP contribution in [0.5, 0.6) is 0 Å². The van der Waals surface area contributed by atoms with Crippen molar-refractivity contribution in [2.45, 2.75) is 84.2 Å². The van der Waals surface area contributed by atoms with Crippen LogP contribution in [0.25, 0.3) is 0 Å². The number of aliphatic hydroxyl groups is 1. The molecule has 138 valence electrons. The van der Waals surface area contributed by atoms with Gasteiger partial charge < -0.3 is 5.11 Å². The molecular formula is C23H34O2. The fourth-order valence-corrected chi connectivity index (χ4v) is 8.75. The average Bonchev–Trinajstić information content (AvgIpc) is 2.97. The van der Waals surface area contributed by atoms with Gasteiger partial charge in [0.2, 0.25) is 0 Å². The van der Waals surface area contributed by atoms with E-state index in [0.29, 0.717) is 27.9 Å². The minimum atomic E-state index is -0.0819. The summed E-state index contributed by atoms with van der Waals surface area (Å²) in [5.41, 5.74) is 1.02. The molecule has 0 aromatic carbocycles. The molecular weight excluding hydrogens is 308 g/mol. The first-order valence-electron chi connectivity index (χ1n) is 10.8. The zero-order valence-corrected chi connectivity index (χ0v) is 16.0. The predicted octanol–water partition coefficient (Wildman–Crippen LogP) is 4.91. The summed E-state index contributed by atoms with van der Waals surface area (Å²) < 4.78 is 0. The second-order valence-corrected chi connectivity index (χ2v) is 10.7. The van der Waals surface area contributed by atoms with Crippen LogP contribution in [0.15, 0.2) is 12.2 Å². The zero-order chi connectivity index (χ0) is 17.4. The molecule has 0 aliphatic heterocycles. The number of fused-ring (bicyclic) bond motifs is 4. The highest BCUT2D eigenvalue weighted by molar-refractivity contribution is 5.93. The summed E-state index contributed by atoms with van der Waals surface area (Å²) >= 11 is 0. The quantitative estimate of drug-likeness (QED) is 0.679. The highest BCUT2D eigenvalue weighted by atomic mass is 16.3. The fraction of sp³-hybridized carbons (Fsp3) is 0.870. The van der Waals surface area contributed by atoms with Crippen molar-refractivity contribution in [3.8, 4) is 0 Å². The molecule has 5 aliphatic rings. The van der Waals surface area contributed by atoms with Gasteiger partial charge in [0.05, 0.1) is 6.10 Å². The SMILES string of the molecule is CC12CCC3C4CCC5C(=O)C=CC[C@@]54CCC3[C@@]1(C)CC[C@@H](O)C2. The van der Waals surface area contributed by atoms with Crippen molar-refractivity contribution < 1.29 is 9.90 Å². The van der Waals surface area contributed by atoms with Crippen LogP contribution in [0.4, 0.5) is 0 Å². The summed E-state index contributed by atoms with van der Waals surface area (Å²) in [5.74, 6) is 3.18. The van der Waals surface area contributed by atoms with Crippen LogP contribution >= 0.6 is 0 Å². The first kappa shape index (κ1) is 16.5. The van der Waals surface area contributed by atoms with Crippen LogP contribution in [0.3, 0.4) is 0 Å². The highest BCUT2D eigenvalue weighted by Crippen LogP contribution is 2.71. The molecule has 1 N–H and O–H groups in total. The van der Waals surface area contributed by atoms with Crippen molar-refractivity contribution in [3.05, 3.63) is 12.2 Å². The molecule has 8 atom stereocenters. The van der Waals surface area contributed by atoms with Gasteiger partial charge in [0.1, 0.15) is 0 Å². The standard InChI is InChI=1S/C23H34O2/c1-21-11-8-16-17(22(21,2)12-7-15(24)14-21)9-13-23-10-3-4-20(25)19(23)6-5-18(16)23/h3-4,15-19,24H,5-14H2,1-2H3/t15-,16?,17?,18?,19?,21?,22-,23+/m1/s1. The number of hydrogen-bond acceptors (Lipinski definition) is 2. The molecule has 0 radical (unpaired) electrons. The van der Waals surface area contributed by atoms with Gasteiger partial charge >= 0.3 is 0 Å². The molecule has 1 spiro atoms. The largest absolute Gasteiger partial charge is 0.393 e. The third-order valence-electron chi connectivity index (χ3n) is 10.2. The lowest BCUT2D eigenvalue weighted by molar-refractivity contribution is -0.173. The van der Waals surface area contributed by atoms with E-state index < -0.39 is 0 Å². The van der Waals surface area contributed by atoms with Gasteiger partial charge in [-0.1, -0.05) is 19.9 Å². The van der Waals surface area contributed by atoms with Gasteiger partial charge in [-0.05, 0) is 104 Å². The van der Waals surface area contributed by atoms with Gasteiger partial charge in [0.15, 0.2) is 5.78 Å². The van der Waals surface area contributed by atoms with E-state index in [4.69, 9.17) is 0 Å². The molecule has 4 fully saturated rings. The predicted molar refractivity (Wildman–Crippen MR) is 98.9 cm³/mol. The van der Waals surface area contributed by atoms with Gasteiger partial charge in [-0.2, -0.15) is 0 Å². The zero-order valence-electron chi connectivity index (χ0n) is 16.0. The maximum atomic E-state index is 12.5. The number of carbonyl (C=O) groups is 1. The molecule has 0 amide bonds. The molecule has 5 rings (SSSR count). The van der Waals surface area contributed by atoms with Crippen molar-refractivity contribution in [2.75, 3.05) is 0 Å². The molecule has 0 aromatic rings. The van der Waals surface area contributed by atoms with E-state index in [0.717, 1.165) is 43.4 Å². The average molecular weight is 343 g/mol.